The fourth-order valence-corrected chi connectivity index (χ4v) is 5.83. The lowest BCUT2D eigenvalue weighted by Gasteiger charge is -2.23. The SMILES string of the molecule is COc1cccc(Cn2c(C(=O)N[C@@H]3C[C@H]4CC[C@H]3C4)cc3ccsc32)c1. The van der Waals surface area contributed by atoms with Gasteiger partial charge in [-0.3, -0.25) is 4.79 Å². The third-order valence-electron chi connectivity index (χ3n) is 6.26. The molecule has 4 nitrogen and oxygen atoms in total. The van der Waals surface area contributed by atoms with Gasteiger partial charge in [0, 0.05) is 18.0 Å². The van der Waals surface area contributed by atoms with E-state index in [1.165, 1.54) is 19.3 Å². The van der Waals surface area contributed by atoms with Crippen LogP contribution in [0, 0.1) is 11.8 Å². The fourth-order valence-electron chi connectivity index (χ4n) is 4.94. The predicted octanol–water partition coefficient (Wildman–Crippen LogP) is 4.68. The number of amides is 1. The minimum atomic E-state index is 0.0684. The molecule has 2 heterocycles. The first kappa shape index (κ1) is 16.9. The number of aromatic nitrogens is 1. The highest BCUT2D eigenvalue weighted by atomic mass is 32.1. The van der Waals surface area contributed by atoms with E-state index in [-0.39, 0.29) is 5.91 Å². The van der Waals surface area contributed by atoms with Crippen LogP contribution in [0.25, 0.3) is 10.2 Å². The molecule has 1 aromatic carbocycles. The number of nitrogens with zero attached hydrogens (tertiary/aromatic N) is 1. The average molecular weight is 381 g/mol. The molecule has 2 fully saturated rings. The maximum Gasteiger partial charge on any atom is 0.268 e. The fraction of sp³-hybridized carbons (Fsp3) is 0.409. The quantitative estimate of drug-likeness (QED) is 0.698. The number of ether oxygens (including phenoxy) is 1. The molecule has 27 heavy (non-hydrogen) atoms. The van der Waals surface area contributed by atoms with E-state index in [2.05, 4.69) is 27.4 Å². The average Bonchev–Trinajstić information content (AvgIpc) is 3.44. The first-order valence-electron chi connectivity index (χ1n) is 9.72. The van der Waals surface area contributed by atoms with Crippen molar-refractivity contribution >= 4 is 27.5 Å². The number of hydrogen-bond acceptors (Lipinski definition) is 3. The first-order chi connectivity index (χ1) is 13.2. The van der Waals surface area contributed by atoms with Gasteiger partial charge in [0.25, 0.3) is 5.91 Å². The zero-order valence-corrected chi connectivity index (χ0v) is 16.3. The van der Waals surface area contributed by atoms with Crippen LogP contribution >= 0.6 is 11.3 Å². The number of nitrogens with one attached hydrogen (secondary N) is 1. The van der Waals surface area contributed by atoms with E-state index >= 15 is 0 Å². The summed E-state index contributed by atoms with van der Waals surface area (Å²) in [6.07, 6.45) is 5.07. The molecule has 0 aliphatic heterocycles. The second kappa shape index (κ2) is 6.71. The molecule has 3 aromatic rings. The van der Waals surface area contributed by atoms with E-state index in [0.717, 1.165) is 39.6 Å². The van der Waals surface area contributed by atoms with Crippen LogP contribution in [0.3, 0.4) is 0 Å². The van der Waals surface area contributed by atoms with Gasteiger partial charge in [-0.15, -0.1) is 11.3 Å². The van der Waals surface area contributed by atoms with Gasteiger partial charge in [0.15, 0.2) is 0 Å². The van der Waals surface area contributed by atoms with Crippen LogP contribution in [-0.4, -0.2) is 23.6 Å². The Bertz CT molecular complexity index is 989. The lowest BCUT2D eigenvalue weighted by atomic mass is 9.95. The Morgan fingerprint density at radius 2 is 2.19 bits per heavy atom. The second-order valence-electron chi connectivity index (χ2n) is 7.90. The van der Waals surface area contributed by atoms with Crippen molar-refractivity contribution in [2.75, 3.05) is 7.11 Å². The van der Waals surface area contributed by atoms with Crippen LogP contribution in [0.5, 0.6) is 5.75 Å². The van der Waals surface area contributed by atoms with Gasteiger partial charge in [-0.05, 0) is 66.3 Å². The summed E-state index contributed by atoms with van der Waals surface area (Å²) in [6.45, 7) is 0.667. The number of carbonyl (C=O) groups is 1. The van der Waals surface area contributed by atoms with Crippen LogP contribution in [-0.2, 0) is 6.54 Å². The molecule has 0 unspecified atom stereocenters. The molecule has 2 aliphatic carbocycles. The van der Waals surface area contributed by atoms with Crippen molar-refractivity contribution in [2.24, 2.45) is 11.8 Å². The number of rotatable bonds is 5. The van der Waals surface area contributed by atoms with Gasteiger partial charge in [-0.2, -0.15) is 0 Å². The molecule has 0 spiro atoms. The standard InChI is InChI=1S/C22H24N2O2S/c1-26-18-4-2-3-15(10-18)13-24-20(12-17-7-8-27-22(17)24)21(25)23-19-11-14-5-6-16(19)9-14/h2-4,7-8,10,12,14,16,19H,5-6,9,11,13H2,1H3,(H,23,25)/t14-,16-,19+/m0/s1. The number of hydrogen-bond donors (Lipinski definition) is 1. The molecule has 0 radical (unpaired) electrons. The zero-order chi connectivity index (χ0) is 18.4. The van der Waals surface area contributed by atoms with Gasteiger partial charge in [-0.25, -0.2) is 0 Å². The minimum Gasteiger partial charge on any atom is -0.497 e. The van der Waals surface area contributed by atoms with Crippen molar-refractivity contribution in [1.82, 2.24) is 9.88 Å². The number of fused-ring (bicyclic) bond motifs is 3. The minimum absolute atomic E-state index is 0.0684. The highest BCUT2D eigenvalue weighted by Gasteiger charge is 2.40. The van der Waals surface area contributed by atoms with Crippen molar-refractivity contribution in [2.45, 2.75) is 38.3 Å². The van der Waals surface area contributed by atoms with Gasteiger partial charge in [0.1, 0.15) is 16.3 Å². The second-order valence-corrected chi connectivity index (χ2v) is 8.80. The van der Waals surface area contributed by atoms with Crippen molar-refractivity contribution in [1.29, 1.82) is 0 Å². The largest absolute Gasteiger partial charge is 0.497 e. The summed E-state index contributed by atoms with van der Waals surface area (Å²) < 4.78 is 7.51. The smallest absolute Gasteiger partial charge is 0.268 e. The molecule has 2 aromatic heterocycles. The third-order valence-corrected chi connectivity index (χ3v) is 7.22. The van der Waals surface area contributed by atoms with Crippen LogP contribution in [0.2, 0.25) is 0 Å². The molecule has 0 saturated heterocycles. The van der Waals surface area contributed by atoms with Gasteiger partial charge >= 0.3 is 0 Å². The zero-order valence-electron chi connectivity index (χ0n) is 15.5. The normalized spacial score (nSPS) is 23.8. The lowest BCUT2D eigenvalue weighted by molar-refractivity contribution is 0.0914. The van der Waals surface area contributed by atoms with Crippen LogP contribution < -0.4 is 10.1 Å². The Morgan fingerprint density at radius 1 is 1.26 bits per heavy atom. The number of methoxy groups -OCH3 is 1. The third kappa shape index (κ3) is 3.04. The summed E-state index contributed by atoms with van der Waals surface area (Å²) >= 11 is 1.69. The number of benzene rings is 1. The molecule has 5 rings (SSSR count). The Hall–Kier alpha value is -2.27. The summed E-state index contributed by atoms with van der Waals surface area (Å²) in [7, 11) is 1.68. The van der Waals surface area contributed by atoms with E-state index in [1.54, 1.807) is 18.4 Å². The maximum atomic E-state index is 13.1. The van der Waals surface area contributed by atoms with Crippen LogP contribution in [0.15, 0.2) is 41.8 Å². The van der Waals surface area contributed by atoms with Crippen molar-refractivity contribution in [3.63, 3.8) is 0 Å². The number of thiophene rings is 1. The van der Waals surface area contributed by atoms with Crippen molar-refractivity contribution < 1.29 is 9.53 Å². The van der Waals surface area contributed by atoms with E-state index in [9.17, 15) is 4.79 Å². The Balaban J connectivity index is 1.44. The monoisotopic (exact) mass is 380 g/mol. The molecule has 2 saturated carbocycles. The summed E-state index contributed by atoms with van der Waals surface area (Å²) in [6, 6.07) is 12.6. The number of carbonyl (C=O) groups excluding carboxylic acids is 1. The first-order valence-corrected chi connectivity index (χ1v) is 10.6. The Kier molecular flexibility index (Phi) is 4.20. The molecule has 2 aliphatic rings. The molecular formula is C22H24N2O2S. The summed E-state index contributed by atoms with van der Waals surface area (Å²) in [4.78, 5) is 14.3. The topological polar surface area (TPSA) is 43.3 Å². The molecule has 1 N–H and O–H groups in total. The van der Waals surface area contributed by atoms with Crippen molar-refractivity contribution in [3.05, 3.63) is 53.0 Å². The van der Waals surface area contributed by atoms with Gasteiger partial charge in [-0.1, -0.05) is 18.6 Å². The van der Waals surface area contributed by atoms with E-state index in [4.69, 9.17) is 4.74 Å². The lowest BCUT2D eigenvalue weighted by Crippen LogP contribution is -2.39. The van der Waals surface area contributed by atoms with E-state index in [1.807, 2.05) is 24.3 Å². The van der Waals surface area contributed by atoms with Crippen molar-refractivity contribution in [3.8, 4) is 5.75 Å². The Morgan fingerprint density at radius 3 is 2.96 bits per heavy atom. The van der Waals surface area contributed by atoms with Crippen LogP contribution in [0.4, 0.5) is 0 Å². The van der Waals surface area contributed by atoms with E-state index < -0.39 is 0 Å². The molecule has 2 bridgehead atoms. The summed E-state index contributed by atoms with van der Waals surface area (Å²) in [5.41, 5.74) is 1.90. The molecule has 1 amide bonds. The highest BCUT2D eigenvalue weighted by molar-refractivity contribution is 7.16. The summed E-state index contributed by atoms with van der Waals surface area (Å²) in [5.74, 6) is 2.42. The van der Waals surface area contributed by atoms with Gasteiger partial charge < -0.3 is 14.6 Å². The molecule has 3 atom stereocenters. The van der Waals surface area contributed by atoms with E-state index in [0.29, 0.717) is 18.5 Å². The Labute approximate surface area is 163 Å². The summed E-state index contributed by atoms with van der Waals surface area (Å²) in [5, 5.41) is 6.57. The highest BCUT2D eigenvalue weighted by Crippen LogP contribution is 2.44. The maximum absolute atomic E-state index is 13.1. The van der Waals surface area contributed by atoms with Gasteiger partial charge in [0.05, 0.1) is 7.11 Å². The molecule has 140 valence electrons. The van der Waals surface area contributed by atoms with Crippen LogP contribution in [0.1, 0.15) is 41.7 Å². The predicted molar refractivity (Wildman–Crippen MR) is 109 cm³/mol. The van der Waals surface area contributed by atoms with Gasteiger partial charge in [0.2, 0.25) is 0 Å². The molecule has 5 heteroatoms. The molecular weight excluding hydrogens is 356 g/mol.